The van der Waals surface area contributed by atoms with E-state index >= 15 is 0 Å². The Hall–Kier alpha value is -6.24. The topological polar surface area (TPSA) is 56.7 Å². The Bertz CT molecular complexity index is 3170. The van der Waals surface area contributed by atoms with Gasteiger partial charge in [0.05, 0.1) is 36.2 Å². The van der Waals surface area contributed by atoms with Crippen LogP contribution in [0, 0.1) is 19.1 Å². The third kappa shape index (κ3) is 8.68. The number of para-hydroxylation sites is 2. The van der Waals surface area contributed by atoms with Crippen molar-refractivity contribution in [3.8, 4) is 50.6 Å². The molecule has 10 rings (SSSR count). The molecule has 0 amide bonds. The number of benzene rings is 6. The van der Waals surface area contributed by atoms with Crippen molar-refractivity contribution in [2.45, 2.75) is 66.1 Å². The summed E-state index contributed by atoms with van der Waals surface area (Å²) in [5.41, 5.74) is 15.4. The van der Waals surface area contributed by atoms with Gasteiger partial charge >= 0.3 is 0 Å². The molecule has 0 atom stereocenters. The van der Waals surface area contributed by atoms with Gasteiger partial charge in [0.25, 0.3) is 0 Å². The molecule has 5 nitrogen and oxygen atoms in total. The molecule has 4 aromatic heterocycles. The maximum absolute atomic E-state index is 6.50. The molecule has 321 valence electrons. The number of aryl methyl sites for hydroxylation is 2. The van der Waals surface area contributed by atoms with E-state index in [0.717, 1.165) is 90.1 Å². The normalized spacial score (nSPS) is 11.7. The van der Waals surface area contributed by atoms with E-state index in [4.69, 9.17) is 14.4 Å². The molecule has 64 heavy (non-hydrogen) atoms. The van der Waals surface area contributed by atoms with Gasteiger partial charge in [0.15, 0.2) is 0 Å². The van der Waals surface area contributed by atoms with Crippen LogP contribution in [0.25, 0.3) is 83.7 Å². The number of fused-ring (bicyclic) bond motifs is 4. The largest absolute Gasteiger partial charge is 0.486 e. The molecule has 0 bridgehead atoms. The minimum Gasteiger partial charge on any atom is -0.486 e. The Morgan fingerprint density at radius 2 is 1.34 bits per heavy atom. The summed E-state index contributed by atoms with van der Waals surface area (Å²) in [6, 6.07) is 59.6. The molecule has 7 heteroatoms. The van der Waals surface area contributed by atoms with Gasteiger partial charge in [-0.25, -0.2) is 4.98 Å². The number of hydrogen-bond donors (Lipinski definition) is 0. The van der Waals surface area contributed by atoms with Gasteiger partial charge in [-0.1, -0.05) is 143 Å². The summed E-state index contributed by atoms with van der Waals surface area (Å²) >= 11 is 0. The first-order valence-electron chi connectivity index (χ1n) is 21.8. The Morgan fingerprint density at radius 1 is 0.688 bits per heavy atom. The molecule has 0 aliphatic carbocycles. The summed E-state index contributed by atoms with van der Waals surface area (Å²) in [5, 5.41) is 3.46. The number of rotatable bonds is 7. The van der Waals surface area contributed by atoms with Crippen LogP contribution in [0.5, 0.6) is 0 Å². The van der Waals surface area contributed by atoms with Crippen molar-refractivity contribution in [2.24, 2.45) is 0 Å². The van der Waals surface area contributed by atoms with Crippen LogP contribution in [0.4, 0.5) is 0 Å². The molecule has 0 aliphatic rings. The van der Waals surface area contributed by atoms with E-state index in [2.05, 4.69) is 190 Å². The number of furan rings is 1. The standard InChI is InChI=1S/C41H32N3O.C16H20NSi.Ir/c1-26-22-23-31-30-18-13-19-32(38(30)45-40(31)42-26)39-43-35-20-11-12-21-36(35)44(39)37-33(27-14-7-5-8-15-27)24-29(41(2,3)4)25-34(37)28-16-9-6-10-17-28;1-5-13-11-15(14-9-7-6-8-10-14)17-12-16(13)18(2,3)4;/h5-18,20-25H,1-4H3;6-9,11-12H,5H2,1-4H3;/q2*-1;. The predicted octanol–water partition coefficient (Wildman–Crippen LogP) is 14.4. The summed E-state index contributed by atoms with van der Waals surface area (Å²) in [6.45, 7) is 18.1. The Morgan fingerprint density at radius 3 is 1.97 bits per heavy atom. The number of pyridine rings is 2. The monoisotopic (exact) mass is 1030 g/mol. The zero-order valence-corrected chi connectivity index (χ0v) is 41.1. The van der Waals surface area contributed by atoms with E-state index in [1.165, 1.54) is 16.3 Å². The third-order valence-electron chi connectivity index (χ3n) is 11.8. The fourth-order valence-corrected chi connectivity index (χ4v) is 10.1. The number of hydrogen-bond acceptors (Lipinski definition) is 4. The van der Waals surface area contributed by atoms with Gasteiger partial charge in [0.1, 0.15) is 0 Å². The van der Waals surface area contributed by atoms with Crippen LogP contribution in [0.3, 0.4) is 0 Å². The van der Waals surface area contributed by atoms with E-state index in [0.29, 0.717) is 5.71 Å². The van der Waals surface area contributed by atoms with E-state index in [-0.39, 0.29) is 25.5 Å². The van der Waals surface area contributed by atoms with E-state index in [1.54, 1.807) is 0 Å². The second-order valence-corrected chi connectivity index (χ2v) is 23.3. The first-order valence-corrected chi connectivity index (χ1v) is 25.3. The Kier molecular flexibility index (Phi) is 12.5. The molecule has 0 saturated heterocycles. The molecule has 4 heterocycles. The second-order valence-electron chi connectivity index (χ2n) is 18.3. The van der Waals surface area contributed by atoms with Gasteiger partial charge in [-0.15, -0.1) is 54.1 Å². The average molecular weight is 1030 g/mol. The van der Waals surface area contributed by atoms with E-state index in [1.807, 2.05) is 43.3 Å². The smallest absolute Gasteiger partial charge is 0.216 e. The zero-order chi connectivity index (χ0) is 43.9. The molecule has 0 saturated carbocycles. The van der Waals surface area contributed by atoms with Crippen LogP contribution in [-0.2, 0) is 31.9 Å². The van der Waals surface area contributed by atoms with Crippen LogP contribution < -0.4 is 5.19 Å². The molecule has 10 aromatic rings. The van der Waals surface area contributed by atoms with Crippen molar-refractivity contribution in [3.05, 3.63) is 187 Å². The Balaban J connectivity index is 0.000000248. The molecule has 6 aromatic carbocycles. The number of aromatic nitrogens is 4. The van der Waals surface area contributed by atoms with Crippen molar-refractivity contribution in [2.75, 3.05) is 0 Å². The average Bonchev–Trinajstić information content (AvgIpc) is 3.87. The van der Waals surface area contributed by atoms with Crippen molar-refractivity contribution < 1.29 is 24.5 Å². The van der Waals surface area contributed by atoms with E-state index < -0.39 is 8.07 Å². The molecule has 0 unspecified atom stereocenters. The molecule has 0 N–H and O–H groups in total. The summed E-state index contributed by atoms with van der Waals surface area (Å²) in [7, 11) is -1.30. The summed E-state index contributed by atoms with van der Waals surface area (Å²) in [6.07, 6.45) is 3.16. The fourth-order valence-electron chi connectivity index (χ4n) is 8.45. The maximum atomic E-state index is 6.50. The van der Waals surface area contributed by atoms with Gasteiger partial charge in [0, 0.05) is 48.5 Å². The SMILES string of the molecule is CCc1cc(-c2[c-]cccc2)ncc1[Si](C)(C)C.Cc1ccc2c(n1)oc1c(-c3nc4ccccc4n3-c3c(-c4ccccc4)cc(C(C)(C)C)cc3-c3ccccc3)[c-]ccc12.[Ir]. The predicted molar refractivity (Wildman–Crippen MR) is 266 cm³/mol. The second kappa shape index (κ2) is 18.1. The van der Waals surface area contributed by atoms with Crippen LogP contribution in [0.15, 0.2) is 162 Å². The Labute approximate surface area is 391 Å². The summed E-state index contributed by atoms with van der Waals surface area (Å²) in [5.74, 6) is 0.774. The molecule has 1 radical (unpaired) electrons. The molecule has 0 spiro atoms. The minimum absolute atomic E-state index is 0. The van der Waals surface area contributed by atoms with E-state index in [9.17, 15) is 0 Å². The molecular formula is C57H52IrN4OSi-2. The first-order chi connectivity index (χ1) is 30.4. The minimum atomic E-state index is -1.30. The van der Waals surface area contributed by atoms with Crippen molar-refractivity contribution in [3.63, 3.8) is 0 Å². The van der Waals surface area contributed by atoms with Crippen molar-refractivity contribution in [1.82, 2.24) is 19.5 Å². The van der Waals surface area contributed by atoms with Crippen molar-refractivity contribution >= 4 is 46.4 Å². The fraction of sp³-hybridized carbons (Fsp3) is 0.175. The van der Waals surface area contributed by atoms with Crippen molar-refractivity contribution in [1.29, 1.82) is 0 Å². The zero-order valence-electron chi connectivity index (χ0n) is 37.7. The summed E-state index contributed by atoms with van der Waals surface area (Å²) < 4.78 is 8.81. The van der Waals surface area contributed by atoms with Gasteiger partial charge in [-0.2, -0.15) is 0 Å². The third-order valence-corrected chi connectivity index (χ3v) is 13.8. The van der Waals surface area contributed by atoms with Crippen LogP contribution in [-0.4, -0.2) is 27.6 Å². The van der Waals surface area contributed by atoms with Crippen LogP contribution in [0.1, 0.15) is 44.5 Å². The van der Waals surface area contributed by atoms with Crippen LogP contribution >= 0.6 is 0 Å². The van der Waals surface area contributed by atoms with Gasteiger partial charge in [0.2, 0.25) is 5.71 Å². The molecule has 0 fully saturated rings. The number of nitrogens with zero attached hydrogens (tertiary/aromatic N) is 4. The molecular weight excluding hydrogens is 977 g/mol. The maximum Gasteiger partial charge on any atom is 0.216 e. The van der Waals surface area contributed by atoms with Gasteiger partial charge in [-0.3, -0.25) is 4.98 Å². The van der Waals surface area contributed by atoms with Gasteiger partial charge in [-0.05, 0) is 82.7 Å². The summed E-state index contributed by atoms with van der Waals surface area (Å²) in [4.78, 5) is 14.6. The van der Waals surface area contributed by atoms with Crippen LogP contribution in [0.2, 0.25) is 19.6 Å². The first kappa shape index (κ1) is 44.4. The number of imidazole rings is 1. The molecule has 0 aliphatic heterocycles. The van der Waals surface area contributed by atoms with Gasteiger partial charge < -0.3 is 14.0 Å². The quantitative estimate of drug-likeness (QED) is 0.118.